The van der Waals surface area contributed by atoms with Crippen molar-refractivity contribution >= 4 is 21.9 Å². The lowest BCUT2D eigenvalue weighted by Crippen LogP contribution is -2.38. The lowest BCUT2D eigenvalue weighted by Gasteiger charge is -2.22. The summed E-state index contributed by atoms with van der Waals surface area (Å²) < 4.78 is 26.0. The second-order valence-electron chi connectivity index (χ2n) is 5.65. The van der Waals surface area contributed by atoms with Gasteiger partial charge in [-0.15, -0.1) is 0 Å². The highest BCUT2D eigenvalue weighted by atomic mass is 32.2. The summed E-state index contributed by atoms with van der Waals surface area (Å²) in [7, 11) is -3.95. The average molecular weight is 309 g/mol. The highest BCUT2D eigenvalue weighted by Crippen LogP contribution is 2.38. The number of carbonyl (C=O) groups excluding carboxylic acids is 1. The van der Waals surface area contributed by atoms with E-state index in [-0.39, 0.29) is 16.0 Å². The van der Waals surface area contributed by atoms with Gasteiger partial charge in [0.15, 0.2) is 0 Å². The highest BCUT2D eigenvalue weighted by Gasteiger charge is 2.45. The molecule has 6 nitrogen and oxygen atoms in total. The van der Waals surface area contributed by atoms with Gasteiger partial charge in [0.05, 0.1) is 11.1 Å². The minimum absolute atomic E-state index is 0.0580. The first-order chi connectivity index (χ1) is 9.82. The highest BCUT2D eigenvalue weighted by molar-refractivity contribution is 7.90. The molecule has 1 saturated carbocycles. The predicted molar refractivity (Wildman–Crippen MR) is 73.6 cm³/mol. The van der Waals surface area contributed by atoms with Crippen molar-refractivity contribution in [3.63, 3.8) is 0 Å². The Bertz CT molecular complexity index is 736. The molecule has 1 N–H and O–H groups in total. The predicted octanol–water partition coefficient (Wildman–Crippen LogP) is 1.72. The lowest BCUT2D eigenvalue weighted by molar-refractivity contribution is 0.0695. The first kappa shape index (κ1) is 14.1. The fraction of sp³-hybridized carbons (Fsp3) is 0.429. The number of hydrogen-bond donors (Lipinski definition) is 1. The van der Waals surface area contributed by atoms with Gasteiger partial charge in [0.25, 0.3) is 15.9 Å². The third kappa shape index (κ3) is 2.21. The van der Waals surface area contributed by atoms with E-state index in [0.717, 1.165) is 23.2 Å². The summed E-state index contributed by atoms with van der Waals surface area (Å²) in [6.45, 7) is 1.72. The Morgan fingerprint density at radius 1 is 1.43 bits per heavy atom. The molecule has 21 heavy (non-hydrogen) atoms. The number of fused-ring (bicyclic) bond motifs is 1. The number of rotatable bonds is 4. The van der Waals surface area contributed by atoms with Gasteiger partial charge < -0.3 is 5.11 Å². The fourth-order valence-electron chi connectivity index (χ4n) is 2.75. The van der Waals surface area contributed by atoms with E-state index in [2.05, 4.69) is 0 Å². The molecule has 1 heterocycles. The van der Waals surface area contributed by atoms with Crippen LogP contribution in [-0.2, 0) is 10.0 Å². The number of carbonyl (C=O) groups is 2. The molecule has 1 fully saturated rings. The van der Waals surface area contributed by atoms with E-state index < -0.39 is 27.9 Å². The molecule has 0 aromatic heterocycles. The van der Waals surface area contributed by atoms with Gasteiger partial charge in [0, 0.05) is 6.04 Å². The molecule has 2 aliphatic rings. The van der Waals surface area contributed by atoms with E-state index >= 15 is 0 Å². The van der Waals surface area contributed by atoms with Gasteiger partial charge in [-0.25, -0.2) is 17.5 Å². The number of carboxylic acids is 1. The van der Waals surface area contributed by atoms with E-state index in [9.17, 15) is 18.0 Å². The van der Waals surface area contributed by atoms with Gasteiger partial charge in [-0.1, -0.05) is 12.8 Å². The number of amides is 1. The van der Waals surface area contributed by atoms with Crippen LogP contribution in [0.1, 0.15) is 46.9 Å². The molecule has 1 unspecified atom stereocenters. The normalized spacial score (nSPS) is 21.2. The Morgan fingerprint density at radius 2 is 2.10 bits per heavy atom. The van der Waals surface area contributed by atoms with E-state index in [1.807, 2.05) is 0 Å². The van der Waals surface area contributed by atoms with Crippen LogP contribution < -0.4 is 0 Å². The van der Waals surface area contributed by atoms with Gasteiger partial charge in [-0.3, -0.25) is 4.79 Å². The molecule has 7 heteroatoms. The third-order valence-corrected chi connectivity index (χ3v) is 5.90. The number of benzene rings is 1. The molecule has 3 rings (SSSR count). The number of hydrogen-bond acceptors (Lipinski definition) is 4. The van der Waals surface area contributed by atoms with Crippen molar-refractivity contribution in [1.82, 2.24) is 4.31 Å². The quantitative estimate of drug-likeness (QED) is 0.914. The van der Waals surface area contributed by atoms with Gasteiger partial charge in [0.2, 0.25) is 0 Å². The summed E-state index contributed by atoms with van der Waals surface area (Å²) in [4.78, 5) is 23.1. The Hall–Kier alpha value is -1.89. The average Bonchev–Trinajstić information content (AvgIpc) is 3.18. The van der Waals surface area contributed by atoms with E-state index in [4.69, 9.17) is 5.11 Å². The zero-order chi connectivity index (χ0) is 15.4. The van der Waals surface area contributed by atoms with Crippen molar-refractivity contribution in [2.45, 2.75) is 37.1 Å². The molecular weight excluding hydrogens is 294 g/mol. The second-order valence-corrected chi connectivity index (χ2v) is 7.43. The first-order valence-corrected chi connectivity index (χ1v) is 8.22. The van der Waals surface area contributed by atoms with Crippen LogP contribution in [-0.4, -0.2) is 35.7 Å². The Balaban J connectivity index is 2.03. The van der Waals surface area contributed by atoms with E-state index in [1.165, 1.54) is 12.1 Å². The topological polar surface area (TPSA) is 91.8 Å². The van der Waals surface area contributed by atoms with Gasteiger partial charge in [0.1, 0.15) is 4.90 Å². The third-order valence-electron chi connectivity index (χ3n) is 3.97. The van der Waals surface area contributed by atoms with Crippen molar-refractivity contribution in [1.29, 1.82) is 0 Å². The smallest absolute Gasteiger partial charge is 0.335 e. The zero-order valence-corrected chi connectivity index (χ0v) is 12.3. The minimum atomic E-state index is -3.95. The van der Waals surface area contributed by atoms with Gasteiger partial charge >= 0.3 is 5.97 Å². The summed E-state index contributed by atoms with van der Waals surface area (Å²) in [5.41, 5.74) is -0.0792. The van der Waals surface area contributed by atoms with Crippen molar-refractivity contribution in [2.75, 3.05) is 0 Å². The second kappa shape index (κ2) is 4.56. The van der Waals surface area contributed by atoms with E-state index in [0.29, 0.717) is 12.3 Å². The summed E-state index contributed by atoms with van der Waals surface area (Å²) >= 11 is 0. The summed E-state index contributed by atoms with van der Waals surface area (Å²) in [6.07, 6.45) is 2.80. The Morgan fingerprint density at radius 3 is 2.67 bits per heavy atom. The molecule has 1 aliphatic heterocycles. The van der Waals surface area contributed by atoms with Crippen LogP contribution in [0.25, 0.3) is 0 Å². The van der Waals surface area contributed by atoms with Crippen molar-refractivity contribution in [2.24, 2.45) is 5.92 Å². The number of sulfonamides is 1. The van der Waals surface area contributed by atoms with Crippen molar-refractivity contribution in [3.05, 3.63) is 29.3 Å². The first-order valence-electron chi connectivity index (χ1n) is 6.78. The standard InChI is InChI=1S/C14H15NO5S/c1-8(6-9-2-3-9)15-13(16)11-5-4-10(14(17)18)7-12(11)21(15,19)20/h4-5,7-9H,2-3,6H2,1H3,(H,17,18). The van der Waals surface area contributed by atoms with Gasteiger partial charge in [-0.05, 0) is 37.5 Å². The number of carboxylic acid groups (broad SMARTS) is 1. The maximum Gasteiger partial charge on any atom is 0.335 e. The van der Waals surface area contributed by atoms with Crippen LogP contribution in [0.3, 0.4) is 0 Å². The molecule has 0 radical (unpaired) electrons. The molecule has 1 amide bonds. The molecule has 0 saturated heterocycles. The Labute approximate surface area is 122 Å². The van der Waals surface area contributed by atoms with Crippen LogP contribution in [0.2, 0.25) is 0 Å². The molecule has 1 aromatic carbocycles. The van der Waals surface area contributed by atoms with Gasteiger partial charge in [-0.2, -0.15) is 0 Å². The minimum Gasteiger partial charge on any atom is -0.478 e. The zero-order valence-electron chi connectivity index (χ0n) is 11.4. The summed E-state index contributed by atoms with van der Waals surface area (Å²) in [5, 5.41) is 8.96. The SMILES string of the molecule is CC(CC1CC1)N1C(=O)c2ccc(C(=O)O)cc2S1(=O)=O. The maximum atomic E-state index is 12.5. The molecule has 1 atom stereocenters. The molecule has 0 bridgehead atoms. The largest absolute Gasteiger partial charge is 0.478 e. The fourth-order valence-corrected chi connectivity index (χ4v) is 4.55. The van der Waals surface area contributed by atoms with E-state index in [1.54, 1.807) is 6.92 Å². The van der Waals surface area contributed by atoms with Crippen LogP contribution in [0.15, 0.2) is 23.1 Å². The van der Waals surface area contributed by atoms with Crippen LogP contribution in [0, 0.1) is 5.92 Å². The molecule has 1 aliphatic carbocycles. The summed E-state index contributed by atoms with van der Waals surface area (Å²) in [6, 6.07) is 3.19. The van der Waals surface area contributed by atoms with Crippen molar-refractivity contribution in [3.8, 4) is 0 Å². The summed E-state index contributed by atoms with van der Waals surface area (Å²) in [5.74, 6) is -1.29. The molecular formula is C14H15NO5S. The van der Waals surface area contributed by atoms with Crippen LogP contribution in [0.5, 0.6) is 0 Å². The van der Waals surface area contributed by atoms with Crippen LogP contribution >= 0.6 is 0 Å². The maximum absolute atomic E-state index is 12.5. The lowest BCUT2D eigenvalue weighted by atomic mass is 10.1. The Kier molecular flexibility index (Phi) is 3.05. The molecule has 0 spiro atoms. The monoisotopic (exact) mass is 309 g/mol. The number of nitrogens with zero attached hydrogens (tertiary/aromatic N) is 1. The molecule has 1 aromatic rings. The van der Waals surface area contributed by atoms with Crippen molar-refractivity contribution < 1.29 is 23.1 Å². The molecule has 112 valence electrons. The van der Waals surface area contributed by atoms with Crippen LogP contribution in [0.4, 0.5) is 0 Å². The number of aromatic carboxylic acids is 1.